The third-order valence-electron chi connectivity index (χ3n) is 8.87. The molecule has 2 unspecified atom stereocenters. The maximum atomic E-state index is 16.4. The number of hydrogen-bond acceptors (Lipinski definition) is 8. The zero-order valence-electron chi connectivity index (χ0n) is 23.1. The molecule has 7 rings (SSSR count). The summed E-state index contributed by atoms with van der Waals surface area (Å²) in [7, 11) is 0. The molecular formula is C30H32F2N6OS. The number of thiophene rings is 1. The zero-order valence-corrected chi connectivity index (χ0v) is 24.0. The van der Waals surface area contributed by atoms with Gasteiger partial charge < -0.3 is 15.4 Å². The first-order valence-electron chi connectivity index (χ1n) is 13.8. The van der Waals surface area contributed by atoms with Gasteiger partial charge in [0.25, 0.3) is 0 Å². The highest BCUT2D eigenvalue weighted by Crippen LogP contribution is 2.52. The van der Waals surface area contributed by atoms with Gasteiger partial charge in [-0.1, -0.05) is 34.1 Å². The highest BCUT2D eigenvalue weighted by Gasteiger charge is 2.50. The van der Waals surface area contributed by atoms with Gasteiger partial charge in [0.05, 0.1) is 35.4 Å². The molecule has 0 radical (unpaired) electrons. The molecule has 4 aromatic rings. The minimum absolute atomic E-state index is 0.100. The van der Waals surface area contributed by atoms with Gasteiger partial charge in [-0.25, -0.2) is 18.7 Å². The number of aromatic nitrogens is 3. The number of pyridine rings is 1. The number of benzene rings is 1. The lowest BCUT2D eigenvalue weighted by Crippen LogP contribution is -2.36. The number of nitrogens with two attached hydrogens (primary N) is 1. The van der Waals surface area contributed by atoms with Crippen LogP contribution in [0, 0.1) is 40.2 Å². The van der Waals surface area contributed by atoms with Gasteiger partial charge in [0.2, 0.25) is 5.95 Å². The number of nitrogen functional groups attached to an aromatic ring is 1. The number of nitriles is 1. The van der Waals surface area contributed by atoms with E-state index in [2.05, 4.69) is 47.5 Å². The van der Waals surface area contributed by atoms with Crippen molar-refractivity contribution in [2.24, 2.45) is 17.3 Å². The molecule has 1 saturated carbocycles. The maximum absolute atomic E-state index is 16.4. The molecule has 5 heterocycles. The van der Waals surface area contributed by atoms with Crippen LogP contribution in [0.4, 0.5) is 19.7 Å². The minimum atomic E-state index is -0.599. The SMILES string of the molecule is CC12CCC1CN(c1ncc3c4c(c(-c5ncc(F)c6sc(N)c(C#N)c56)c(F)c3n1)COC4)C2.CCC(C)C. The number of anilines is 2. The molecule has 0 spiro atoms. The Labute approximate surface area is 236 Å². The van der Waals surface area contributed by atoms with E-state index >= 15 is 4.39 Å². The third-order valence-corrected chi connectivity index (χ3v) is 9.90. The van der Waals surface area contributed by atoms with Crippen molar-refractivity contribution in [1.82, 2.24) is 15.0 Å². The molecule has 3 aromatic heterocycles. The fourth-order valence-electron chi connectivity index (χ4n) is 5.97. The van der Waals surface area contributed by atoms with E-state index in [0.29, 0.717) is 22.8 Å². The van der Waals surface area contributed by atoms with Crippen LogP contribution in [0.25, 0.3) is 32.2 Å². The van der Waals surface area contributed by atoms with Gasteiger partial charge in [0.1, 0.15) is 16.6 Å². The summed E-state index contributed by atoms with van der Waals surface area (Å²) in [6.07, 6.45) is 6.41. The lowest BCUT2D eigenvalue weighted by Gasteiger charge is -2.40. The second kappa shape index (κ2) is 9.89. The Bertz CT molecular complexity index is 1700. The smallest absolute Gasteiger partial charge is 0.226 e. The van der Waals surface area contributed by atoms with Crippen LogP contribution in [0.15, 0.2) is 12.4 Å². The summed E-state index contributed by atoms with van der Waals surface area (Å²) < 4.78 is 36.9. The number of rotatable bonds is 3. The van der Waals surface area contributed by atoms with Crippen molar-refractivity contribution in [3.8, 4) is 17.3 Å². The zero-order chi connectivity index (χ0) is 28.3. The number of ether oxygens (including phenoxy) is 1. The second-order valence-corrected chi connectivity index (χ2v) is 12.8. The molecule has 208 valence electrons. The Morgan fingerprint density at radius 1 is 1.25 bits per heavy atom. The van der Waals surface area contributed by atoms with Gasteiger partial charge in [-0.2, -0.15) is 5.26 Å². The molecule has 10 heteroatoms. The summed E-state index contributed by atoms with van der Waals surface area (Å²) in [5.41, 5.74) is 8.32. The molecule has 0 bridgehead atoms. The Morgan fingerprint density at radius 2 is 2.00 bits per heavy atom. The van der Waals surface area contributed by atoms with Gasteiger partial charge in [-0.15, -0.1) is 11.3 Å². The first-order valence-corrected chi connectivity index (χ1v) is 14.6. The van der Waals surface area contributed by atoms with Crippen molar-refractivity contribution < 1.29 is 13.5 Å². The molecular weight excluding hydrogens is 530 g/mol. The van der Waals surface area contributed by atoms with Gasteiger partial charge in [-0.05, 0) is 41.2 Å². The maximum Gasteiger partial charge on any atom is 0.226 e. The van der Waals surface area contributed by atoms with Gasteiger partial charge in [0, 0.05) is 35.6 Å². The van der Waals surface area contributed by atoms with Crippen molar-refractivity contribution >= 4 is 43.3 Å². The fraction of sp³-hybridized carbons (Fsp3) is 0.467. The molecule has 1 saturated heterocycles. The molecule has 0 amide bonds. The summed E-state index contributed by atoms with van der Waals surface area (Å²) in [5.74, 6) is 0.829. The van der Waals surface area contributed by atoms with Crippen LogP contribution < -0.4 is 10.6 Å². The van der Waals surface area contributed by atoms with Crippen molar-refractivity contribution in [2.75, 3.05) is 23.7 Å². The largest absolute Gasteiger partial charge is 0.389 e. The topological polar surface area (TPSA) is 101 Å². The van der Waals surface area contributed by atoms with E-state index in [1.54, 1.807) is 6.20 Å². The molecule has 3 aliphatic rings. The predicted octanol–water partition coefficient (Wildman–Crippen LogP) is 6.96. The monoisotopic (exact) mass is 562 g/mol. The van der Waals surface area contributed by atoms with Crippen molar-refractivity contribution in [2.45, 2.75) is 60.2 Å². The lowest BCUT2D eigenvalue weighted by atomic mass is 9.64. The Hall–Kier alpha value is -3.42. The Kier molecular flexibility index (Phi) is 6.62. The highest BCUT2D eigenvalue weighted by molar-refractivity contribution is 7.23. The molecule has 1 aliphatic carbocycles. The van der Waals surface area contributed by atoms with Crippen LogP contribution in [0.5, 0.6) is 0 Å². The first-order chi connectivity index (χ1) is 19.2. The molecule has 40 heavy (non-hydrogen) atoms. The van der Waals surface area contributed by atoms with E-state index in [1.165, 1.54) is 19.3 Å². The van der Waals surface area contributed by atoms with Crippen molar-refractivity contribution in [3.63, 3.8) is 0 Å². The van der Waals surface area contributed by atoms with Crippen molar-refractivity contribution in [1.29, 1.82) is 5.26 Å². The van der Waals surface area contributed by atoms with Crippen LogP contribution in [-0.2, 0) is 18.0 Å². The summed E-state index contributed by atoms with van der Waals surface area (Å²) >= 11 is 0.961. The van der Waals surface area contributed by atoms with Crippen LogP contribution in [0.1, 0.15) is 63.6 Å². The fourth-order valence-corrected chi connectivity index (χ4v) is 6.89. The minimum Gasteiger partial charge on any atom is -0.389 e. The third kappa shape index (κ3) is 4.10. The highest BCUT2D eigenvalue weighted by atomic mass is 32.1. The Balaban J connectivity index is 0.000000534. The first kappa shape index (κ1) is 26.8. The van der Waals surface area contributed by atoms with Crippen LogP contribution >= 0.6 is 11.3 Å². The quantitative estimate of drug-likeness (QED) is 0.288. The Morgan fingerprint density at radius 3 is 2.62 bits per heavy atom. The van der Waals surface area contributed by atoms with E-state index in [-0.39, 0.29) is 56.1 Å². The molecule has 1 aromatic carbocycles. The normalized spacial score (nSPS) is 21.2. The number of hydrogen-bond donors (Lipinski definition) is 1. The van der Waals surface area contributed by atoms with E-state index in [0.717, 1.165) is 42.1 Å². The molecule has 2 fully saturated rings. The van der Waals surface area contributed by atoms with E-state index < -0.39 is 11.6 Å². The summed E-state index contributed by atoms with van der Waals surface area (Å²) in [4.78, 5) is 15.7. The van der Waals surface area contributed by atoms with Gasteiger partial charge >= 0.3 is 0 Å². The van der Waals surface area contributed by atoms with E-state index in [4.69, 9.17) is 10.5 Å². The summed E-state index contributed by atoms with van der Waals surface area (Å²) in [5, 5.41) is 10.7. The number of fused-ring (bicyclic) bond motifs is 5. The van der Waals surface area contributed by atoms with Crippen molar-refractivity contribution in [3.05, 3.63) is 40.7 Å². The predicted molar refractivity (Wildman–Crippen MR) is 154 cm³/mol. The number of halogens is 2. The number of nitrogens with zero attached hydrogens (tertiary/aromatic N) is 5. The van der Waals surface area contributed by atoms with Crippen LogP contribution in [-0.4, -0.2) is 28.0 Å². The molecule has 2 N–H and O–H groups in total. The van der Waals surface area contributed by atoms with E-state index in [9.17, 15) is 9.65 Å². The van der Waals surface area contributed by atoms with Crippen LogP contribution in [0.3, 0.4) is 0 Å². The van der Waals surface area contributed by atoms with Crippen LogP contribution in [0.2, 0.25) is 0 Å². The summed E-state index contributed by atoms with van der Waals surface area (Å²) in [6.45, 7) is 11.1. The molecule has 7 nitrogen and oxygen atoms in total. The standard InChI is InChI=1S/C25H20F2N6OS.C5H12/c1-25-3-2-11(25)7-33(10-25)24-31-5-13-14-8-34-9-15(14)17(19(27)20(13)32-24)21-18-12(4-28)23(29)35-22(18)16(26)6-30-21;1-4-5(2)3/h5-6,11H,2-3,7-10,29H2,1H3;5H,4H2,1-3H3. The average molecular weight is 563 g/mol. The lowest BCUT2D eigenvalue weighted by molar-refractivity contribution is 0.111. The summed E-state index contributed by atoms with van der Waals surface area (Å²) in [6, 6.07) is 2.04. The second-order valence-electron chi connectivity index (χ2n) is 11.8. The van der Waals surface area contributed by atoms with Gasteiger partial charge in [0.15, 0.2) is 11.6 Å². The molecule has 2 aliphatic heterocycles. The average Bonchev–Trinajstić information content (AvgIpc) is 3.61. The van der Waals surface area contributed by atoms with Gasteiger partial charge in [-0.3, -0.25) is 4.98 Å². The molecule has 2 atom stereocenters. The van der Waals surface area contributed by atoms with E-state index in [1.807, 2.05) is 6.07 Å².